The topological polar surface area (TPSA) is 56.2 Å². The van der Waals surface area contributed by atoms with Gasteiger partial charge in [0, 0.05) is 33.2 Å². The highest BCUT2D eigenvalue weighted by atomic mass is 35.5. The van der Waals surface area contributed by atoms with Crippen molar-refractivity contribution in [3.05, 3.63) is 76.9 Å². The molecule has 2 aromatic heterocycles. The van der Waals surface area contributed by atoms with Crippen LogP contribution in [0, 0.1) is 0 Å². The first-order valence-corrected chi connectivity index (χ1v) is 10.5. The number of nitrogens with zero attached hydrogens (tertiary/aromatic N) is 1. The molecule has 0 fully saturated rings. The number of H-pyrrole nitrogens is 1. The van der Waals surface area contributed by atoms with E-state index >= 15 is 0 Å². The first kappa shape index (κ1) is 19.5. The summed E-state index contributed by atoms with van der Waals surface area (Å²) in [5.41, 5.74) is 4.48. The number of ether oxygens (including phenoxy) is 2. The molecule has 6 heteroatoms. The van der Waals surface area contributed by atoms with Gasteiger partial charge in [-0.1, -0.05) is 41.9 Å². The van der Waals surface area contributed by atoms with E-state index < -0.39 is 0 Å². The molecule has 0 amide bonds. The molecule has 0 bridgehead atoms. The maximum atomic E-state index is 12.8. The molecule has 0 saturated heterocycles. The van der Waals surface area contributed by atoms with E-state index in [1.807, 2.05) is 66.1 Å². The van der Waals surface area contributed by atoms with Gasteiger partial charge in [-0.2, -0.15) is 0 Å². The number of fused-ring (bicyclic) bond motifs is 5. The Balaban J connectivity index is 1.77. The maximum Gasteiger partial charge on any atom is 0.354 e. The normalized spacial score (nSPS) is 11.5. The van der Waals surface area contributed by atoms with Crippen LogP contribution in [0.4, 0.5) is 0 Å². The van der Waals surface area contributed by atoms with Gasteiger partial charge in [0.25, 0.3) is 0 Å². The first-order chi connectivity index (χ1) is 15.1. The number of carbonyl (C=O) groups is 1. The van der Waals surface area contributed by atoms with E-state index in [0.29, 0.717) is 23.9 Å². The van der Waals surface area contributed by atoms with Crippen LogP contribution in [0.25, 0.3) is 32.7 Å². The molecule has 5 rings (SSSR count). The van der Waals surface area contributed by atoms with Crippen LogP contribution in [-0.4, -0.2) is 29.2 Å². The van der Waals surface area contributed by atoms with Gasteiger partial charge in [-0.25, -0.2) is 4.79 Å². The van der Waals surface area contributed by atoms with Gasteiger partial charge in [0.2, 0.25) is 0 Å². The molecule has 5 aromatic rings. The summed E-state index contributed by atoms with van der Waals surface area (Å²) in [6.45, 7) is 2.66. The molecule has 156 valence electrons. The van der Waals surface area contributed by atoms with Crippen molar-refractivity contribution in [3.63, 3.8) is 0 Å². The van der Waals surface area contributed by atoms with Gasteiger partial charge in [0.05, 0.1) is 24.8 Å². The molecule has 3 aromatic carbocycles. The number of aromatic amines is 1. The standard InChI is InChI=1S/C25H21ClN2O3/c1-3-31-25(29)22-12-16-6-10-20-19-11-7-17(26)13-21(19)27-23(20)24(16)28(22)14-15-4-8-18(30-2)9-5-15/h4-13,27H,3,14H2,1-2H3. The van der Waals surface area contributed by atoms with E-state index in [0.717, 1.165) is 44.0 Å². The smallest absolute Gasteiger partial charge is 0.354 e. The predicted octanol–water partition coefficient (Wildman–Crippen LogP) is 6.16. The first-order valence-electron chi connectivity index (χ1n) is 10.1. The van der Waals surface area contributed by atoms with Gasteiger partial charge < -0.3 is 19.0 Å². The third-order valence-corrected chi connectivity index (χ3v) is 5.81. The van der Waals surface area contributed by atoms with Gasteiger partial charge in [0.15, 0.2) is 0 Å². The average Bonchev–Trinajstić information content (AvgIpc) is 3.32. The molecule has 0 atom stereocenters. The Morgan fingerprint density at radius 1 is 1.03 bits per heavy atom. The number of carbonyl (C=O) groups excluding carboxylic acids is 1. The zero-order valence-corrected chi connectivity index (χ0v) is 18.0. The van der Waals surface area contributed by atoms with E-state index in [2.05, 4.69) is 11.1 Å². The average molecular weight is 433 g/mol. The number of methoxy groups -OCH3 is 1. The number of hydrogen-bond acceptors (Lipinski definition) is 3. The van der Waals surface area contributed by atoms with Gasteiger partial charge in [-0.05, 0) is 42.8 Å². The van der Waals surface area contributed by atoms with Gasteiger partial charge in [0.1, 0.15) is 11.4 Å². The number of esters is 1. The highest BCUT2D eigenvalue weighted by Crippen LogP contribution is 2.34. The Morgan fingerprint density at radius 2 is 1.81 bits per heavy atom. The Kier molecular flexibility index (Phi) is 4.83. The maximum absolute atomic E-state index is 12.8. The molecule has 31 heavy (non-hydrogen) atoms. The highest BCUT2D eigenvalue weighted by Gasteiger charge is 2.20. The highest BCUT2D eigenvalue weighted by molar-refractivity contribution is 6.31. The van der Waals surface area contributed by atoms with Crippen LogP contribution in [0.2, 0.25) is 5.02 Å². The molecular weight excluding hydrogens is 412 g/mol. The monoisotopic (exact) mass is 432 g/mol. The molecule has 0 saturated carbocycles. The van der Waals surface area contributed by atoms with Gasteiger partial charge in [-0.15, -0.1) is 0 Å². The van der Waals surface area contributed by atoms with E-state index in [1.54, 1.807) is 7.11 Å². The molecule has 2 heterocycles. The molecule has 0 aliphatic rings. The van der Waals surface area contributed by atoms with Crippen LogP contribution in [0.5, 0.6) is 5.75 Å². The molecule has 0 spiro atoms. The van der Waals surface area contributed by atoms with Crippen molar-refractivity contribution in [2.45, 2.75) is 13.5 Å². The zero-order valence-electron chi connectivity index (χ0n) is 17.2. The minimum Gasteiger partial charge on any atom is -0.497 e. The van der Waals surface area contributed by atoms with E-state index in [9.17, 15) is 4.79 Å². The second-order valence-electron chi connectivity index (χ2n) is 7.43. The van der Waals surface area contributed by atoms with Crippen molar-refractivity contribution in [3.8, 4) is 5.75 Å². The summed E-state index contributed by atoms with van der Waals surface area (Å²) >= 11 is 6.21. The summed E-state index contributed by atoms with van der Waals surface area (Å²) in [7, 11) is 1.65. The van der Waals surface area contributed by atoms with E-state index in [-0.39, 0.29) is 5.97 Å². The van der Waals surface area contributed by atoms with Crippen LogP contribution in [0.3, 0.4) is 0 Å². The third kappa shape index (κ3) is 3.31. The molecule has 1 N–H and O–H groups in total. The van der Waals surface area contributed by atoms with Crippen molar-refractivity contribution in [2.24, 2.45) is 0 Å². The van der Waals surface area contributed by atoms with Crippen LogP contribution < -0.4 is 4.74 Å². The molecule has 0 unspecified atom stereocenters. The fraction of sp³-hybridized carbons (Fsp3) is 0.160. The quantitative estimate of drug-likeness (QED) is 0.338. The van der Waals surface area contributed by atoms with Crippen molar-refractivity contribution in [2.75, 3.05) is 13.7 Å². The minimum atomic E-state index is -0.334. The summed E-state index contributed by atoms with van der Waals surface area (Å²) in [5, 5.41) is 3.83. The third-order valence-electron chi connectivity index (χ3n) is 5.58. The largest absolute Gasteiger partial charge is 0.497 e. The Hall–Kier alpha value is -3.44. The summed E-state index contributed by atoms with van der Waals surface area (Å²) in [6, 6.07) is 19.7. The van der Waals surface area contributed by atoms with E-state index in [1.165, 1.54) is 0 Å². The summed E-state index contributed by atoms with van der Waals surface area (Å²) in [6.07, 6.45) is 0. The number of hydrogen-bond donors (Lipinski definition) is 1. The molecule has 5 nitrogen and oxygen atoms in total. The fourth-order valence-corrected chi connectivity index (χ4v) is 4.32. The number of halogens is 1. The lowest BCUT2D eigenvalue weighted by Gasteiger charge is -2.11. The minimum absolute atomic E-state index is 0.323. The van der Waals surface area contributed by atoms with Crippen molar-refractivity contribution < 1.29 is 14.3 Å². The summed E-state index contributed by atoms with van der Waals surface area (Å²) in [4.78, 5) is 16.3. The number of nitrogens with one attached hydrogen (secondary N) is 1. The number of rotatable bonds is 5. The molecule has 0 aliphatic carbocycles. The number of aromatic nitrogens is 2. The Bertz CT molecular complexity index is 1430. The lowest BCUT2D eigenvalue weighted by Crippen LogP contribution is -2.13. The Morgan fingerprint density at radius 3 is 2.55 bits per heavy atom. The summed E-state index contributed by atoms with van der Waals surface area (Å²) < 4.78 is 12.6. The van der Waals surface area contributed by atoms with Gasteiger partial charge >= 0.3 is 5.97 Å². The molecule has 0 aliphatic heterocycles. The number of benzene rings is 3. The second-order valence-corrected chi connectivity index (χ2v) is 7.86. The van der Waals surface area contributed by atoms with Crippen molar-refractivity contribution in [1.29, 1.82) is 0 Å². The van der Waals surface area contributed by atoms with Crippen LogP contribution >= 0.6 is 11.6 Å². The zero-order chi connectivity index (χ0) is 21.5. The van der Waals surface area contributed by atoms with E-state index in [4.69, 9.17) is 21.1 Å². The van der Waals surface area contributed by atoms with Crippen molar-refractivity contribution >= 4 is 50.3 Å². The summed E-state index contributed by atoms with van der Waals surface area (Å²) in [5.74, 6) is 0.459. The van der Waals surface area contributed by atoms with Crippen LogP contribution in [0.1, 0.15) is 23.0 Å². The second kappa shape index (κ2) is 7.67. The fourth-order valence-electron chi connectivity index (χ4n) is 4.15. The SMILES string of the molecule is CCOC(=O)c1cc2ccc3c4ccc(Cl)cc4[nH]c3c2n1Cc1ccc(OC)cc1. The lowest BCUT2D eigenvalue weighted by atomic mass is 10.1. The molecule has 0 radical (unpaired) electrons. The predicted molar refractivity (Wildman–Crippen MR) is 124 cm³/mol. The van der Waals surface area contributed by atoms with Gasteiger partial charge in [-0.3, -0.25) is 0 Å². The van der Waals surface area contributed by atoms with Crippen LogP contribution in [-0.2, 0) is 11.3 Å². The molecular formula is C25H21ClN2O3. The lowest BCUT2D eigenvalue weighted by molar-refractivity contribution is 0.0515. The van der Waals surface area contributed by atoms with Crippen LogP contribution in [0.15, 0.2) is 60.7 Å². The Labute approximate surface area is 184 Å². The van der Waals surface area contributed by atoms with Crippen molar-refractivity contribution in [1.82, 2.24) is 9.55 Å².